The zero-order valence-electron chi connectivity index (χ0n) is 10.5. The third kappa shape index (κ3) is 3.30. The van der Waals surface area contributed by atoms with Gasteiger partial charge >= 0.3 is 0 Å². The lowest BCUT2D eigenvalue weighted by molar-refractivity contribution is 0.0256. The fraction of sp³-hybridized carbons (Fsp3) is 0.846. The minimum Gasteiger partial charge on any atom is -0.372 e. The van der Waals surface area contributed by atoms with Crippen molar-refractivity contribution in [1.82, 2.24) is 10.2 Å². The van der Waals surface area contributed by atoms with Crippen molar-refractivity contribution in [1.29, 1.82) is 0 Å². The molecule has 2 rings (SSSR count). The number of hydrogen-bond donors (Lipinski definition) is 1. The van der Waals surface area contributed by atoms with E-state index in [-0.39, 0.29) is 0 Å². The van der Waals surface area contributed by atoms with Crippen molar-refractivity contribution in [3.8, 4) is 0 Å². The van der Waals surface area contributed by atoms with Crippen LogP contribution in [0, 0.1) is 0 Å². The maximum atomic E-state index is 6.01. The molecular weight excluding hydrogens is 200 g/mol. The molecule has 2 atom stereocenters. The van der Waals surface area contributed by atoms with Gasteiger partial charge in [-0.25, -0.2) is 0 Å². The van der Waals surface area contributed by atoms with Crippen molar-refractivity contribution in [3.63, 3.8) is 0 Å². The summed E-state index contributed by atoms with van der Waals surface area (Å²) < 4.78 is 6.01. The maximum Gasteiger partial charge on any atom is 0.0707 e. The SMILES string of the molecule is CNCC1CCC(CN2CC=C(C)CC2)O1. The van der Waals surface area contributed by atoms with Crippen molar-refractivity contribution >= 4 is 0 Å². The van der Waals surface area contributed by atoms with Crippen LogP contribution in [-0.4, -0.2) is 50.3 Å². The Morgan fingerprint density at radius 3 is 2.94 bits per heavy atom. The van der Waals surface area contributed by atoms with Crippen LogP contribution in [0.15, 0.2) is 11.6 Å². The highest BCUT2D eigenvalue weighted by Crippen LogP contribution is 2.21. The quantitative estimate of drug-likeness (QED) is 0.731. The number of hydrogen-bond acceptors (Lipinski definition) is 3. The van der Waals surface area contributed by atoms with Crippen molar-refractivity contribution in [2.75, 3.05) is 33.2 Å². The van der Waals surface area contributed by atoms with Crippen LogP contribution < -0.4 is 5.32 Å². The molecule has 1 N–H and O–H groups in total. The van der Waals surface area contributed by atoms with Gasteiger partial charge < -0.3 is 10.1 Å². The Kier molecular flexibility index (Phi) is 4.38. The summed E-state index contributed by atoms with van der Waals surface area (Å²) in [6.07, 6.45) is 6.93. The van der Waals surface area contributed by atoms with Crippen LogP contribution in [-0.2, 0) is 4.74 Å². The van der Waals surface area contributed by atoms with Crippen LogP contribution in [0.3, 0.4) is 0 Å². The van der Waals surface area contributed by atoms with Gasteiger partial charge in [0.2, 0.25) is 0 Å². The van der Waals surface area contributed by atoms with Gasteiger partial charge in [0.25, 0.3) is 0 Å². The van der Waals surface area contributed by atoms with Crippen LogP contribution in [0.4, 0.5) is 0 Å². The Balaban J connectivity index is 1.71. The van der Waals surface area contributed by atoms with E-state index in [2.05, 4.69) is 23.2 Å². The van der Waals surface area contributed by atoms with Gasteiger partial charge in [-0.05, 0) is 33.2 Å². The van der Waals surface area contributed by atoms with Crippen molar-refractivity contribution < 1.29 is 4.74 Å². The second-order valence-corrected chi connectivity index (χ2v) is 5.08. The summed E-state index contributed by atoms with van der Waals surface area (Å²) in [6.45, 7) is 6.66. The molecule has 1 fully saturated rings. The van der Waals surface area contributed by atoms with Crippen LogP contribution >= 0.6 is 0 Å². The maximum absolute atomic E-state index is 6.01. The number of likely N-dealkylation sites (N-methyl/N-ethyl adjacent to an activating group) is 1. The first-order valence-corrected chi connectivity index (χ1v) is 6.46. The third-order valence-electron chi connectivity index (χ3n) is 3.61. The monoisotopic (exact) mass is 224 g/mol. The lowest BCUT2D eigenvalue weighted by Gasteiger charge is -2.27. The summed E-state index contributed by atoms with van der Waals surface area (Å²) in [6, 6.07) is 0. The summed E-state index contributed by atoms with van der Waals surface area (Å²) in [5, 5.41) is 3.19. The average molecular weight is 224 g/mol. The van der Waals surface area contributed by atoms with E-state index < -0.39 is 0 Å². The minimum atomic E-state index is 0.442. The van der Waals surface area contributed by atoms with Gasteiger partial charge in [-0.1, -0.05) is 11.6 Å². The molecule has 0 aromatic heterocycles. The number of nitrogens with zero attached hydrogens (tertiary/aromatic N) is 1. The van der Waals surface area contributed by atoms with Gasteiger partial charge in [-0.2, -0.15) is 0 Å². The fourth-order valence-corrected chi connectivity index (χ4v) is 2.56. The van der Waals surface area contributed by atoms with E-state index in [1.807, 2.05) is 7.05 Å². The molecule has 2 unspecified atom stereocenters. The molecule has 0 radical (unpaired) electrons. The second kappa shape index (κ2) is 5.80. The molecule has 3 nitrogen and oxygen atoms in total. The Bertz CT molecular complexity index is 252. The smallest absolute Gasteiger partial charge is 0.0707 e. The molecule has 2 heterocycles. The minimum absolute atomic E-state index is 0.442. The normalized spacial score (nSPS) is 31.8. The van der Waals surface area contributed by atoms with Gasteiger partial charge in [0.15, 0.2) is 0 Å². The second-order valence-electron chi connectivity index (χ2n) is 5.08. The van der Waals surface area contributed by atoms with E-state index in [1.165, 1.54) is 31.4 Å². The first-order chi connectivity index (χ1) is 7.78. The Hall–Kier alpha value is -0.380. The average Bonchev–Trinajstić information content (AvgIpc) is 2.70. The Morgan fingerprint density at radius 1 is 1.44 bits per heavy atom. The van der Waals surface area contributed by atoms with Crippen LogP contribution in [0.25, 0.3) is 0 Å². The Labute approximate surface area is 98.8 Å². The summed E-state index contributed by atoms with van der Waals surface area (Å²) in [4.78, 5) is 2.51. The van der Waals surface area contributed by atoms with E-state index in [1.54, 1.807) is 0 Å². The molecule has 3 heteroatoms. The lowest BCUT2D eigenvalue weighted by atomic mass is 10.1. The largest absolute Gasteiger partial charge is 0.372 e. The zero-order valence-corrected chi connectivity index (χ0v) is 10.5. The molecule has 0 aromatic carbocycles. The Morgan fingerprint density at radius 2 is 2.25 bits per heavy atom. The zero-order chi connectivity index (χ0) is 11.4. The summed E-state index contributed by atoms with van der Waals surface area (Å²) in [7, 11) is 1.99. The van der Waals surface area contributed by atoms with Gasteiger partial charge in [0.1, 0.15) is 0 Å². The predicted octanol–water partition coefficient (Wildman–Crippen LogP) is 1.41. The molecule has 0 spiro atoms. The van der Waals surface area contributed by atoms with E-state index >= 15 is 0 Å². The highest BCUT2D eigenvalue weighted by atomic mass is 16.5. The lowest BCUT2D eigenvalue weighted by Crippen LogP contribution is -2.36. The molecular formula is C13H24N2O. The van der Waals surface area contributed by atoms with Gasteiger partial charge in [-0.15, -0.1) is 0 Å². The molecule has 0 bridgehead atoms. The van der Waals surface area contributed by atoms with Crippen LogP contribution in [0.1, 0.15) is 26.2 Å². The van der Waals surface area contributed by atoms with Crippen molar-refractivity contribution in [3.05, 3.63) is 11.6 Å². The summed E-state index contributed by atoms with van der Waals surface area (Å²) >= 11 is 0. The molecule has 2 aliphatic rings. The first-order valence-electron chi connectivity index (χ1n) is 6.46. The fourth-order valence-electron chi connectivity index (χ4n) is 2.56. The number of ether oxygens (including phenoxy) is 1. The standard InChI is InChI=1S/C13H24N2O/c1-11-5-7-15(8-6-11)10-13-4-3-12(16-13)9-14-2/h5,12-14H,3-4,6-10H2,1-2H3. The molecule has 0 aromatic rings. The molecule has 0 aliphatic carbocycles. The van der Waals surface area contributed by atoms with Crippen LogP contribution in [0.5, 0.6) is 0 Å². The van der Waals surface area contributed by atoms with E-state index in [0.717, 1.165) is 19.6 Å². The molecule has 1 saturated heterocycles. The van der Waals surface area contributed by atoms with Crippen molar-refractivity contribution in [2.45, 2.75) is 38.4 Å². The highest BCUT2D eigenvalue weighted by molar-refractivity contribution is 5.03. The van der Waals surface area contributed by atoms with Gasteiger partial charge in [-0.3, -0.25) is 4.90 Å². The van der Waals surface area contributed by atoms with E-state index in [4.69, 9.17) is 4.74 Å². The predicted molar refractivity (Wildman–Crippen MR) is 66.6 cm³/mol. The molecule has 0 amide bonds. The van der Waals surface area contributed by atoms with E-state index in [0.29, 0.717) is 12.2 Å². The molecule has 16 heavy (non-hydrogen) atoms. The van der Waals surface area contributed by atoms with Crippen molar-refractivity contribution in [2.24, 2.45) is 0 Å². The summed E-state index contributed by atoms with van der Waals surface area (Å²) in [5.74, 6) is 0. The summed E-state index contributed by atoms with van der Waals surface area (Å²) in [5.41, 5.74) is 1.54. The van der Waals surface area contributed by atoms with Gasteiger partial charge in [0.05, 0.1) is 12.2 Å². The first kappa shape index (κ1) is 12.1. The highest BCUT2D eigenvalue weighted by Gasteiger charge is 2.26. The third-order valence-corrected chi connectivity index (χ3v) is 3.61. The van der Waals surface area contributed by atoms with Gasteiger partial charge in [0, 0.05) is 26.2 Å². The van der Waals surface area contributed by atoms with Crippen LogP contribution in [0.2, 0.25) is 0 Å². The number of rotatable bonds is 4. The van der Waals surface area contributed by atoms with E-state index in [9.17, 15) is 0 Å². The number of nitrogens with one attached hydrogen (secondary N) is 1. The molecule has 0 saturated carbocycles. The molecule has 2 aliphatic heterocycles. The topological polar surface area (TPSA) is 24.5 Å². The molecule has 92 valence electrons.